The minimum absolute atomic E-state index is 0.149. The Morgan fingerprint density at radius 1 is 1.33 bits per heavy atom. The Kier molecular flexibility index (Phi) is 6.10. The standard InChI is InChI=1S/C18H24O3/c1-14-5-3-7-17(11-14)21-13-15-8-9-18(20-2)16(12-15)6-4-10-19/h8-9,12,14,17,19H,3,5,7,10-11,13H2,1-2H3. The highest BCUT2D eigenvalue weighted by Gasteiger charge is 2.19. The molecule has 2 rings (SSSR count). The first kappa shape index (κ1) is 15.9. The second-order valence-corrected chi connectivity index (χ2v) is 5.70. The first-order valence-corrected chi connectivity index (χ1v) is 7.61. The highest BCUT2D eigenvalue weighted by Crippen LogP contribution is 2.27. The molecule has 1 aliphatic rings. The zero-order valence-electron chi connectivity index (χ0n) is 12.9. The van der Waals surface area contributed by atoms with Gasteiger partial charge < -0.3 is 14.6 Å². The number of ether oxygens (including phenoxy) is 2. The molecule has 0 aliphatic heterocycles. The molecule has 0 aromatic heterocycles. The summed E-state index contributed by atoms with van der Waals surface area (Å²) in [6.07, 6.45) is 5.29. The molecule has 0 saturated heterocycles. The summed E-state index contributed by atoms with van der Waals surface area (Å²) in [5.74, 6) is 7.08. The summed E-state index contributed by atoms with van der Waals surface area (Å²) in [5, 5.41) is 8.82. The first-order chi connectivity index (χ1) is 10.2. The Morgan fingerprint density at radius 3 is 2.90 bits per heavy atom. The van der Waals surface area contributed by atoms with Crippen LogP contribution in [0.5, 0.6) is 5.75 Å². The van der Waals surface area contributed by atoms with Crippen molar-refractivity contribution in [1.82, 2.24) is 0 Å². The fourth-order valence-corrected chi connectivity index (χ4v) is 2.82. The first-order valence-electron chi connectivity index (χ1n) is 7.61. The van der Waals surface area contributed by atoms with E-state index >= 15 is 0 Å². The monoisotopic (exact) mass is 288 g/mol. The minimum atomic E-state index is -0.149. The molecule has 1 fully saturated rings. The smallest absolute Gasteiger partial charge is 0.134 e. The lowest BCUT2D eigenvalue weighted by Crippen LogP contribution is -2.21. The summed E-state index contributed by atoms with van der Waals surface area (Å²) in [5.41, 5.74) is 1.89. The zero-order valence-corrected chi connectivity index (χ0v) is 12.9. The number of aliphatic hydroxyl groups excluding tert-OH is 1. The van der Waals surface area contributed by atoms with Gasteiger partial charge >= 0.3 is 0 Å². The molecule has 1 aromatic rings. The number of hydrogen-bond donors (Lipinski definition) is 1. The van der Waals surface area contributed by atoms with Gasteiger partial charge in [-0.15, -0.1) is 0 Å². The van der Waals surface area contributed by atoms with Gasteiger partial charge in [-0.1, -0.05) is 37.7 Å². The molecule has 2 atom stereocenters. The second-order valence-electron chi connectivity index (χ2n) is 5.70. The maximum Gasteiger partial charge on any atom is 0.134 e. The molecule has 0 radical (unpaired) electrons. The fourth-order valence-electron chi connectivity index (χ4n) is 2.82. The van der Waals surface area contributed by atoms with Gasteiger partial charge in [0.25, 0.3) is 0 Å². The van der Waals surface area contributed by atoms with Crippen LogP contribution >= 0.6 is 0 Å². The van der Waals surface area contributed by atoms with Gasteiger partial charge in [0, 0.05) is 0 Å². The van der Waals surface area contributed by atoms with Crippen LogP contribution in [0.25, 0.3) is 0 Å². The second kappa shape index (κ2) is 8.07. The third-order valence-electron chi connectivity index (χ3n) is 3.94. The van der Waals surface area contributed by atoms with E-state index in [0.29, 0.717) is 12.7 Å². The van der Waals surface area contributed by atoms with Crippen LogP contribution < -0.4 is 4.74 Å². The molecule has 0 amide bonds. The van der Waals surface area contributed by atoms with Crippen molar-refractivity contribution in [3.63, 3.8) is 0 Å². The number of benzene rings is 1. The summed E-state index contributed by atoms with van der Waals surface area (Å²) in [4.78, 5) is 0. The Morgan fingerprint density at radius 2 is 2.19 bits per heavy atom. The molecule has 1 N–H and O–H groups in total. The van der Waals surface area contributed by atoms with E-state index in [9.17, 15) is 0 Å². The predicted molar refractivity (Wildman–Crippen MR) is 83.2 cm³/mol. The van der Waals surface area contributed by atoms with E-state index in [1.165, 1.54) is 12.8 Å². The molecule has 114 valence electrons. The summed E-state index contributed by atoms with van der Waals surface area (Å²) in [6, 6.07) is 5.90. The van der Waals surface area contributed by atoms with E-state index in [1.54, 1.807) is 7.11 Å². The molecule has 0 heterocycles. The van der Waals surface area contributed by atoms with E-state index in [0.717, 1.165) is 35.6 Å². The number of methoxy groups -OCH3 is 1. The summed E-state index contributed by atoms with van der Waals surface area (Å²) < 4.78 is 11.3. The van der Waals surface area contributed by atoms with Crippen LogP contribution in [0.2, 0.25) is 0 Å². The number of rotatable bonds is 4. The van der Waals surface area contributed by atoms with Gasteiger partial charge in [-0.3, -0.25) is 0 Å². The molecule has 3 heteroatoms. The summed E-state index contributed by atoms with van der Waals surface area (Å²) in [6.45, 7) is 2.75. The van der Waals surface area contributed by atoms with E-state index in [2.05, 4.69) is 18.8 Å². The quantitative estimate of drug-likeness (QED) is 0.865. The lowest BCUT2D eigenvalue weighted by molar-refractivity contribution is 0.00465. The van der Waals surface area contributed by atoms with Crippen LogP contribution in [0, 0.1) is 17.8 Å². The van der Waals surface area contributed by atoms with Crippen molar-refractivity contribution in [1.29, 1.82) is 0 Å². The maximum atomic E-state index is 8.82. The van der Waals surface area contributed by atoms with E-state index in [1.807, 2.05) is 18.2 Å². The van der Waals surface area contributed by atoms with Gasteiger partial charge in [0.2, 0.25) is 0 Å². The van der Waals surface area contributed by atoms with Crippen molar-refractivity contribution < 1.29 is 14.6 Å². The highest BCUT2D eigenvalue weighted by molar-refractivity contribution is 5.48. The van der Waals surface area contributed by atoms with Crippen LogP contribution in [-0.2, 0) is 11.3 Å². The normalized spacial score (nSPS) is 21.5. The number of aliphatic hydroxyl groups is 1. The van der Waals surface area contributed by atoms with Crippen molar-refractivity contribution in [2.45, 2.75) is 45.3 Å². The third-order valence-corrected chi connectivity index (χ3v) is 3.94. The fraction of sp³-hybridized carbons (Fsp3) is 0.556. The van der Waals surface area contributed by atoms with Crippen molar-refractivity contribution in [3.05, 3.63) is 29.3 Å². The number of hydrogen-bond acceptors (Lipinski definition) is 3. The van der Waals surface area contributed by atoms with Crippen molar-refractivity contribution in [2.75, 3.05) is 13.7 Å². The van der Waals surface area contributed by atoms with Gasteiger partial charge in [0.1, 0.15) is 12.4 Å². The zero-order chi connectivity index (χ0) is 15.1. The van der Waals surface area contributed by atoms with Crippen LogP contribution in [-0.4, -0.2) is 24.9 Å². The van der Waals surface area contributed by atoms with Gasteiger partial charge in [-0.2, -0.15) is 0 Å². The molecule has 0 bridgehead atoms. The SMILES string of the molecule is COc1ccc(COC2CCCC(C)C2)cc1C#CCO. The van der Waals surface area contributed by atoms with Crippen LogP contribution in [0.15, 0.2) is 18.2 Å². The maximum absolute atomic E-state index is 8.82. The Hall–Kier alpha value is -1.50. The van der Waals surface area contributed by atoms with E-state index in [4.69, 9.17) is 14.6 Å². The van der Waals surface area contributed by atoms with Crippen LogP contribution in [0.3, 0.4) is 0 Å². The van der Waals surface area contributed by atoms with Gasteiger partial charge in [-0.05, 0) is 36.5 Å². The van der Waals surface area contributed by atoms with Gasteiger partial charge in [0.15, 0.2) is 0 Å². The average Bonchev–Trinajstić information content (AvgIpc) is 2.51. The molecule has 2 unspecified atom stereocenters. The summed E-state index contributed by atoms with van der Waals surface area (Å²) in [7, 11) is 1.62. The highest BCUT2D eigenvalue weighted by atomic mass is 16.5. The predicted octanol–water partition coefficient (Wildman–Crippen LogP) is 3.13. The van der Waals surface area contributed by atoms with Crippen molar-refractivity contribution in [3.8, 4) is 17.6 Å². The molecule has 1 saturated carbocycles. The van der Waals surface area contributed by atoms with Crippen LogP contribution in [0.1, 0.15) is 43.7 Å². The molecule has 3 nitrogen and oxygen atoms in total. The lowest BCUT2D eigenvalue weighted by atomic mass is 9.89. The lowest BCUT2D eigenvalue weighted by Gasteiger charge is -2.26. The molecule has 1 aliphatic carbocycles. The summed E-state index contributed by atoms with van der Waals surface area (Å²) >= 11 is 0. The molecule has 1 aromatic carbocycles. The van der Waals surface area contributed by atoms with E-state index in [-0.39, 0.29) is 6.61 Å². The Labute approximate surface area is 127 Å². The van der Waals surface area contributed by atoms with Gasteiger partial charge in [-0.25, -0.2) is 0 Å². The van der Waals surface area contributed by atoms with Crippen molar-refractivity contribution in [2.24, 2.45) is 5.92 Å². The molecule has 21 heavy (non-hydrogen) atoms. The average molecular weight is 288 g/mol. The Balaban J connectivity index is 1.99. The Bertz CT molecular complexity index is 513. The molecule has 0 spiro atoms. The topological polar surface area (TPSA) is 38.7 Å². The largest absolute Gasteiger partial charge is 0.495 e. The van der Waals surface area contributed by atoms with E-state index < -0.39 is 0 Å². The van der Waals surface area contributed by atoms with Crippen LogP contribution in [0.4, 0.5) is 0 Å². The van der Waals surface area contributed by atoms with Gasteiger partial charge in [0.05, 0.1) is 25.4 Å². The minimum Gasteiger partial charge on any atom is -0.495 e. The molecular weight excluding hydrogens is 264 g/mol. The molecular formula is C18H24O3. The van der Waals surface area contributed by atoms with Crippen molar-refractivity contribution >= 4 is 0 Å². The third kappa shape index (κ3) is 4.77.